The second kappa shape index (κ2) is 8.72. The Labute approximate surface area is 162 Å². The molecule has 2 aliphatic heterocycles. The van der Waals surface area contributed by atoms with Crippen molar-refractivity contribution >= 4 is 5.91 Å². The van der Waals surface area contributed by atoms with Gasteiger partial charge in [-0.25, -0.2) is 0 Å². The molecule has 27 heavy (non-hydrogen) atoms. The molecule has 2 saturated heterocycles. The fourth-order valence-electron chi connectivity index (χ4n) is 4.93. The number of aliphatic hydroxyl groups is 1. The molecule has 0 aromatic heterocycles. The van der Waals surface area contributed by atoms with Crippen molar-refractivity contribution in [2.24, 2.45) is 5.92 Å². The molecule has 1 aliphatic carbocycles. The maximum Gasteiger partial charge on any atom is 0.237 e. The van der Waals surface area contributed by atoms with Crippen molar-refractivity contribution < 1.29 is 9.90 Å². The summed E-state index contributed by atoms with van der Waals surface area (Å²) in [5.74, 6) is 0.852. The van der Waals surface area contributed by atoms with Crippen LogP contribution in [0.4, 0.5) is 0 Å². The maximum absolute atomic E-state index is 12.5. The monoisotopic (exact) mass is 371 g/mol. The summed E-state index contributed by atoms with van der Waals surface area (Å²) in [7, 11) is 0. The zero-order chi connectivity index (χ0) is 18.6. The first-order valence-corrected chi connectivity index (χ1v) is 10.7. The summed E-state index contributed by atoms with van der Waals surface area (Å²) < 4.78 is 0. The maximum atomic E-state index is 12.5. The van der Waals surface area contributed by atoms with E-state index in [0.29, 0.717) is 18.5 Å². The lowest BCUT2D eigenvalue weighted by Gasteiger charge is -2.29. The predicted octanol–water partition coefficient (Wildman–Crippen LogP) is 2.18. The molecule has 1 aromatic carbocycles. The van der Waals surface area contributed by atoms with Gasteiger partial charge in [0.05, 0.1) is 12.1 Å². The van der Waals surface area contributed by atoms with E-state index in [2.05, 4.69) is 39.8 Å². The molecule has 5 heteroatoms. The van der Waals surface area contributed by atoms with Crippen LogP contribution >= 0.6 is 0 Å². The number of hydrogen-bond donors (Lipinski definition) is 3. The molecule has 1 aromatic rings. The minimum atomic E-state index is -0.120. The second-order valence-corrected chi connectivity index (χ2v) is 8.65. The quantitative estimate of drug-likeness (QED) is 0.742. The first-order chi connectivity index (χ1) is 13.2. The van der Waals surface area contributed by atoms with Gasteiger partial charge in [-0.1, -0.05) is 37.1 Å². The number of carbonyl (C=O) groups is 1. The van der Waals surface area contributed by atoms with Gasteiger partial charge in [-0.2, -0.15) is 0 Å². The van der Waals surface area contributed by atoms with E-state index >= 15 is 0 Å². The first kappa shape index (κ1) is 18.9. The van der Waals surface area contributed by atoms with Gasteiger partial charge in [-0.05, 0) is 49.1 Å². The van der Waals surface area contributed by atoms with Gasteiger partial charge in [0, 0.05) is 32.2 Å². The smallest absolute Gasteiger partial charge is 0.237 e. The lowest BCUT2D eigenvalue weighted by molar-refractivity contribution is -0.123. The third-order valence-corrected chi connectivity index (χ3v) is 6.63. The number of benzene rings is 1. The van der Waals surface area contributed by atoms with Crippen LogP contribution in [-0.2, 0) is 17.9 Å². The van der Waals surface area contributed by atoms with Gasteiger partial charge in [0.2, 0.25) is 5.91 Å². The largest absolute Gasteiger partial charge is 0.393 e. The number of carbonyl (C=O) groups excluding carboxylic acids is 1. The Kier molecular flexibility index (Phi) is 6.11. The number of piperidine rings is 1. The second-order valence-electron chi connectivity index (χ2n) is 8.65. The number of aliphatic hydroxyl groups excluding tert-OH is 1. The first-order valence-electron chi connectivity index (χ1n) is 10.7. The highest BCUT2D eigenvalue weighted by Gasteiger charge is 2.37. The van der Waals surface area contributed by atoms with Gasteiger partial charge in [0.1, 0.15) is 0 Å². The Morgan fingerprint density at radius 1 is 1.07 bits per heavy atom. The summed E-state index contributed by atoms with van der Waals surface area (Å²) in [6.07, 6.45) is 7.76. The van der Waals surface area contributed by atoms with Crippen molar-refractivity contribution in [2.45, 2.75) is 76.2 Å². The summed E-state index contributed by atoms with van der Waals surface area (Å²) in [4.78, 5) is 14.9. The van der Waals surface area contributed by atoms with Gasteiger partial charge >= 0.3 is 0 Å². The van der Waals surface area contributed by atoms with E-state index in [0.717, 1.165) is 44.5 Å². The Bertz CT molecular complexity index is 611. The number of fused-ring (bicyclic) bond motifs is 1. The topological polar surface area (TPSA) is 64.6 Å². The molecule has 3 atom stereocenters. The highest BCUT2D eigenvalue weighted by Crippen LogP contribution is 2.33. The van der Waals surface area contributed by atoms with Crippen LogP contribution in [0.25, 0.3) is 0 Å². The summed E-state index contributed by atoms with van der Waals surface area (Å²) in [5, 5.41) is 16.3. The fraction of sp³-hybridized carbons (Fsp3) is 0.682. The van der Waals surface area contributed by atoms with Gasteiger partial charge in [-0.3, -0.25) is 9.69 Å². The number of rotatable bonds is 5. The van der Waals surface area contributed by atoms with Crippen LogP contribution in [0.5, 0.6) is 0 Å². The lowest BCUT2D eigenvalue weighted by Crippen LogP contribution is -2.42. The van der Waals surface area contributed by atoms with E-state index in [-0.39, 0.29) is 18.1 Å². The lowest BCUT2D eigenvalue weighted by atomic mass is 9.85. The average molecular weight is 372 g/mol. The molecule has 3 fully saturated rings. The van der Waals surface area contributed by atoms with E-state index in [1.54, 1.807) is 0 Å². The molecule has 0 bridgehead atoms. The fourth-order valence-corrected chi connectivity index (χ4v) is 4.93. The van der Waals surface area contributed by atoms with Crippen LogP contribution in [-0.4, -0.2) is 47.2 Å². The molecule has 1 saturated carbocycles. The molecule has 148 valence electrons. The van der Waals surface area contributed by atoms with Crippen LogP contribution in [0.15, 0.2) is 24.3 Å². The van der Waals surface area contributed by atoms with Crippen LogP contribution in [0.1, 0.15) is 56.1 Å². The van der Waals surface area contributed by atoms with Crippen molar-refractivity contribution in [2.75, 3.05) is 13.1 Å². The van der Waals surface area contributed by atoms with Gasteiger partial charge < -0.3 is 15.7 Å². The SMILES string of the molecule is O=C(NCc1ccc(CN2CCC(O)CC2)cc1)C1CC2CCCCC2N1. The number of nitrogens with zero attached hydrogens (tertiary/aromatic N) is 1. The molecule has 3 N–H and O–H groups in total. The van der Waals surface area contributed by atoms with Gasteiger partial charge in [-0.15, -0.1) is 0 Å². The van der Waals surface area contributed by atoms with Gasteiger partial charge in [0.15, 0.2) is 0 Å². The summed E-state index contributed by atoms with van der Waals surface area (Å²) in [6.45, 7) is 3.47. The molecule has 2 heterocycles. The Balaban J connectivity index is 1.22. The molecule has 0 spiro atoms. The van der Waals surface area contributed by atoms with Crippen molar-refractivity contribution in [3.05, 3.63) is 35.4 Å². The summed E-state index contributed by atoms with van der Waals surface area (Å²) >= 11 is 0. The molecular weight excluding hydrogens is 338 g/mol. The summed E-state index contributed by atoms with van der Waals surface area (Å²) in [6, 6.07) is 9.12. The zero-order valence-electron chi connectivity index (χ0n) is 16.2. The van der Waals surface area contributed by atoms with Crippen LogP contribution in [0, 0.1) is 5.92 Å². The van der Waals surface area contributed by atoms with Crippen LogP contribution in [0.3, 0.4) is 0 Å². The molecule has 3 unspecified atom stereocenters. The molecule has 1 amide bonds. The van der Waals surface area contributed by atoms with Crippen molar-refractivity contribution in [1.82, 2.24) is 15.5 Å². The minimum absolute atomic E-state index is 0.00757. The molecule has 3 aliphatic rings. The standard InChI is InChI=1S/C22H33N3O2/c26-19-9-11-25(12-10-19)15-17-7-5-16(6-8-17)14-23-22(27)21-13-18-3-1-2-4-20(18)24-21/h5-8,18-21,24,26H,1-4,9-15H2,(H,23,27). The zero-order valence-corrected chi connectivity index (χ0v) is 16.2. The highest BCUT2D eigenvalue weighted by atomic mass is 16.3. The van der Waals surface area contributed by atoms with E-state index in [1.165, 1.54) is 31.2 Å². The highest BCUT2D eigenvalue weighted by molar-refractivity contribution is 5.82. The van der Waals surface area contributed by atoms with E-state index in [4.69, 9.17) is 0 Å². The normalized spacial score (nSPS) is 29.4. The number of hydrogen-bond acceptors (Lipinski definition) is 4. The molecular formula is C22H33N3O2. The summed E-state index contributed by atoms with van der Waals surface area (Å²) in [5.41, 5.74) is 2.44. The number of nitrogens with one attached hydrogen (secondary N) is 2. The number of likely N-dealkylation sites (tertiary alicyclic amines) is 1. The van der Waals surface area contributed by atoms with Crippen molar-refractivity contribution in [3.63, 3.8) is 0 Å². The van der Waals surface area contributed by atoms with Crippen molar-refractivity contribution in [3.8, 4) is 0 Å². The molecule has 5 nitrogen and oxygen atoms in total. The molecule has 4 rings (SSSR count). The molecule has 0 radical (unpaired) electrons. The predicted molar refractivity (Wildman–Crippen MR) is 106 cm³/mol. The third-order valence-electron chi connectivity index (χ3n) is 6.63. The van der Waals surface area contributed by atoms with Gasteiger partial charge in [0.25, 0.3) is 0 Å². The van der Waals surface area contributed by atoms with Crippen LogP contribution in [0.2, 0.25) is 0 Å². The van der Waals surface area contributed by atoms with E-state index in [1.807, 2.05) is 0 Å². The Morgan fingerprint density at radius 2 is 1.78 bits per heavy atom. The van der Waals surface area contributed by atoms with Crippen LogP contribution < -0.4 is 10.6 Å². The average Bonchev–Trinajstić information content (AvgIpc) is 3.13. The number of amides is 1. The Hall–Kier alpha value is -1.43. The minimum Gasteiger partial charge on any atom is -0.393 e. The third kappa shape index (κ3) is 4.89. The van der Waals surface area contributed by atoms with E-state index < -0.39 is 0 Å². The Morgan fingerprint density at radius 3 is 2.52 bits per heavy atom. The van der Waals surface area contributed by atoms with Crippen molar-refractivity contribution in [1.29, 1.82) is 0 Å². The van der Waals surface area contributed by atoms with E-state index in [9.17, 15) is 9.90 Å².